The number of rotatable bonds is 6. The minimum absolute atomic E-state index is 0.112. The van der Waals surface area contributed by atoms with E-state index in [9.17, 15) is 9.90 Å². The van der Waals surface area contributed by atoms with Gasteiger partial charge in [0, 0.05) is 13.6 Å². The maximum absolute atomic E-state index is 12.2. The molecule has 0 aromatic carbocycles. The van der Waals surface area contributed by atoms with Crippen LogP contribution in [0.1, 0.15) is 37.7 Å². The lowest BCUT2D eigenvalue weighted by Gasteiger charge is -2.33. The number of hydrogen-bond acceptors (Lipinski definition) is 5. The lowest BCUT2D eigenvalue weighted by Crippen LogP contribution is -2.47. The van der Waals surface area contributed by atoms with Gasteiger partial charge in [-0.05, 0) is 32.4 Å². The van der Waals surface area contributed by atoms with E-state index in [0.717, 1.165) is 13.0 Å². The van der Waals surface area contributed by atoms with Crippen molar-refractivity contribution in [3.8, 4) is 0 Å². The van der Waals surface area contributed by atoms with Crippen molar-refractivity contribution in [1.82, 2.24) is 15.1 Å². The number of anilines is 1. The molecule has 0 aliphatic carbocycles. The summed E-state index contributed by atoms with van der Waals surface area (Å²) in [6.07, 6.45) is 0.996. The molecular formula is C13H22N4O2. The molecule has 0 saturated carbocycles. The van der Waals surface area contributed by atoms with Crippen LogP contribution in [0.5, 0.6) is 0 Å². The summed E-state index contributed by atoms with van der Waals surface area (Å²) in [5, 5.41) is 20.2. The third-order valence-electron chi connectivity index (χ3n) is 3.04. The first-order valence-corrected chi connectivity index (χ1v) is 6.39. The zero-order valence-electron chi connectivity index (χ0n) is 12.0. The van der Waals surface area contributed by atoms with E-state index in [1.54, 1.807) is 33.0 Å². The van der Waals surface area contributed by atoms with Crippen LogP contribution in [0.2, 0.25) is 0 Å². The minimum atomic E-state index is -0.627. The Morgan fingerprint density at radius 1 is 1.42 bits per heavy atom. The lowest BCUT2D eigenvalue weighted by atomic mass is 10.0. The maximum Gasteiger partial charge on any atom is 0.274 e. The highest BCUT2D eigenvalue weighted by Crippen LogP contribution is 2.14. The first-order chi connectivity index (χ1) is 8.92. The van der Waals surface area contributed by atoms with Crippen LogP contribution < -0.4 is 5.32 Å². The zero-order valence-corrected chi connectivity index (χ0v) is 12.0. The van der Waals surface area contributed by atoms with Gasteiger partial charge in [-0.3, -0.25) is 4.79 Å². The molecule has 0 fully saturated rings. The topological polar surface area (TPSA) is 78.4 Å². The van der Waals surface area contributed by atoms with Crippen LogP contribution in [0.15, 0.2) is 12.1 Å². The van der Waals surface area contributed by atoms with Crippen LogP contribution in [0, 0.1) is 0 Å². The number of aromatic nitrogens is 2. The molecule has 6 heteroatoms. The molecule has 1 aromatic heterocycles. The van der Waals surface area contributed by atoms with Crippen molar-refractivity contribution in [2.45, 2.75) is 32.7 Å². The molecular weight excluding hydrogens is 244 g/mol. The van der Waals surface area contributed by atoms with E-state index in [2.05, 4.69) is 22.4 Å². The maximum atomic E-state index is 12.2. The second-order valence-corrected chi connectivity index (χ2v) is 5.07. The van der Waals surface area contributed by atoms with Crippen molar-refractivity contribution in [1.29, 1.82) is 0 Å². The van der Waals surface area contributed by atoms with Gasteiger partial charge in [0.2, 0.25) is 0 Å². The predicted octanol–water partition coefficient (Wildman–Crippen LogP) is 1.14. The van der Waals surface area contributed by atoms with Gasteiger partial charge in [0.25, 0.3) is 5.91 Å². The smallest absolute Gasteiger partial charge is 0.274 e. The molecule has 6 nitrogen and oxygen atoms in total. The van der Waals surface area contributed by atoms with E-state index in [1.165, 1.54) is 4.90 Å². The number of carbonyl (C=O) groups excluding carboxylic acids is 1. The van der Waals surface area contributed by atoms with Gasteiger partial charge in [-0.15, -0.1) is 10.2 Å². The Bertz CT molecular complexity index is 417. The lowest BCUT2D eigenvalue weighted by molar-refractivity contribution is 0.0466. The number of amides is 1. The van der Waals surface area contributed by atoms with E-state index in [1.807, 2.05) is 0 Å². The first kappa shape index (κ1) is 15.4. The normalized spacial score (nSPS) is 11.2. The predicted molar refractivity (Wildman–Crippen MR) is 74.1 cm³/mol. The Hall–Kier alpha value is -1.69. The van der Waals surface area contributed by atoms with Gasteiger partial charge in [-0.25, -0.2) is 0 Å². The third-order valence-corrected chi connectivity index (χ3v) is 3.04. The second kappa shape index (κ2) is 6.47. The fourth-order valence-corrected chi connectivity index (χ4v) is 1.35. The summed E-state index contributed by atoms with van der Waals surface area (Å²) in [5.74, 6) is 0.399. The molecule has 0 radical (unpaired) electrons. The largest absolute Gasteiger partial charge is 0.394 e. The van der Waals surface area contributed by atoms with Crippen LogP contribution in [-0.2, 0) is 0 Å². The molecule has 0 atom stereocenters. The summed E-state index contributed by atoms with van der Waals surface area (Å²) < 4.78 is 0. The highest BCUT2D eigenvalue weighted by atomic mass is 16.3. The summed E-state index contributed by atoms with van der Waals surface area (Å²) in [6.45, 7) is 6.34. The molecule has 1 amide bonds. The van der Waals surface area contributed by atoms with Gasteiger partial charge >= 0.3 is 0 Å². The molecule has 1 rings (SSSR count). The van der Waals surface area contributed by atoms with Crippen LogP contribution in [-0.4, -0.2) is 51.8 Å². The van der Waals surface area contributed by atoms with E-state index < -0.39 is 5.54 Å². The molecule has 1 heterocycles. The molecule has 19 heavy (non-hydrogen) atoms. The molecule has 1 aromatic rings. The SMILES string of the molecule is CCCNc1ccc(C(=O)N(C)C(C)(C)CO)nn1. The van der Waals surface area contributed by atoms with Gasteiger partial charge in [-0.2, -0.15) is 0 Å². The van der Waals surface area contributed by atoms with Gasteiger partial charge < -0.3 is 15.3 Å². The number of nitrogens with zero attached hydrogens (tertiary/aromatic N) is 3. The Morgan fingerprint density at radius 3 is 2.58 bits per heavy atom. The Kier molecular flexibility index (Phi) is 5.23. The third kappa shape index (κ3) is 3.89. The minimum Gasteiger partial charge on any atom is -0.394 e. The van der Waals surface area contributed by atoms with Gasteiger partial charge in [0.1, 0.15) is 5.82 Å². The fourth-order valence-electron chi connectivity index (χ4n) is 1.35. The van der Waals surface area contributed by atoms with Crippen LogP contribution in [0.25, 0.3) is 0 Å². The van der Waals surface area contributed by atoms with Crippen molar-refractivity contribution < 1.29 is 9.90 Å². The number of nitrogens with one attached hydrogen (secondary N) is 1. The van der Waals surface area contributed by atoms with Crippen molar-refractivity contribution >= 4 is 11.7 Å². The average molecular weight is 266 g/mol. The summed E-state index contributed by atoms with van der Waals surface area (Å²) in [6, 6.07) is 3.37. The van der Waals surface area contributed by atoms with E-state index in [0.29, 0.717) is 5.82 Å². The van der Waals surface area contributed by atoms with Crippen molar-refractivity contribution in [2.24, 2.45) is 0 Å². The van der Waals surface area contributed by atoms with E-state index in [-0.39, 0.29) is 18.2 Å². The number of aliphatic hydroxyl groups excluding tert-OH is 1. The Balaban J connectivity index is 2.78. The Morgan fingerprint density at radius 2 is 2.11 bits per heavy atom. The van der Waals surface area contributed by atoms with E-state index in [4.69, 9.17) is 0 Å². The van der Waals surface area contributed by atoms with Crippen LogP contribution in [0.4, 0.5) is 5.82 Å². The van der Waals surface area contributed by atoms with Gasteiger partial charge in [0.05, 0.1) is 12.1 Å². The van der Waals surface area contributed by atoms with Crippen molar-refractivity contribution in [3.63, 3.8) is 0 Å². The van der Waals surface area contributed by atoms with Crippen molar-refractivity contribution in [3.05, 3.63) is 17.8 Å². The molecule has 0 unspecified atom stereocenters. The van der Waals surface area contributed by atoms with Crippen LogP contribution >= 0.6 is 0 Å². The molecule has 0 aliphatic heterocycles. The van der Waals surface area contributed by atoms with E-state index >= 15 is 0 Å². The molecule has 2 N–H and O–H groups in total. The van der Waals surface area contributed by atoms with Gasteiger partial charge in [0.15, 0.2) is 5.69 Å². The quantitative estimate of drug-likeness (QED) is 0.807. The summed E-state index contributed by atoms with van der Waals surface area (Å²) in [7, 11) is 1.64. The van der Waals surface area contributed by atoms with Crippen molar-refractivity contribution in [2.75, 3.05) is 25.5 Å². The Labute approximate surface area is 113 Å². The zero-order chi connectivity index (χ0) is 14.5. The number of likely N-dealkylation sites (N-methyl/N-ethyl adjacent to an activating group) is 1. The van der Waals surface area contributed by atoms with Crippen LogP contribution in [0.3, 0.4) is 0 Å². The standard InChI is InChI=1S/C13H22N4O2/c1-5-8-14-11-7-6-10(15-16-11)12(19)17(4)13(2,3)9-18/h6-7,18H,5,8-9H2,1-4H3,(H,14,16). The highest BCUT2D eigenvalue weighted by Gasteiger charge is 2.28. The molecule has 0 aliphatic rings. The average Bonchev–Trinajstić information content (AvgIpc) is 2.44. The first-order valence-electron chi connectivity index (χ1n) is 6.39. The number of carbonyl (C=O) groups is 1. The molecule has 0 saturated heterocycles. The fraction of sp³-hybridized carbons (Fsp3) is 0.615. The highest BCUT2D eigenvalue weighted by molar-refractivity contribution is 5.92. The van der Waals surface area contributed by atoms with Gasteiger partial charge in [-0.1, -0.05) is 6.92 Å². The molecule has 0 spiro atoms. The summed E-state index contributed by atoms with van der Waals surface area (Å²) >= 11 is 0. The molecule has 0 bridgehead atoms. The number of hydrogen-bond donors (Lipinski definition) is 2. The number of aliphatic hydroxyl groups is 1. The summed E-state index contributed by atoms with van der Waals surface area (Å²) in [5.41, 5.74) is -0.358. The summed E-state index contributed by atoms with van der Waals surface area (Å²) in [4.78, 5) is 13.6. The second-order valence-electron chi connectivity index (χ2n) is 5.07. The monoisotopic (exact) mass is 266 g/mol. The molecule has 106 valence electrons.